The van der Waals surface area contributed by atoms with Crippen molar-refractivity contribution in [2.45, 2.75) is 68.7 Å². The number of nitrogens with zero attached hydrogens (tertiary/aromatic N) is 2. The van der Waals surface area contributed by atoms with Gasteiger partial charge in [0.15, 0.2) is 0 Å². The maximum atomic E-state index is 13.2. The molecule has 1 aliphatic heterocycles. The van der Waals surface area contributed by atoms with Crippen LogP contribution < -0.4 is 5.32 Å². The van der Waals surface area contributed by atoms with Gasteiger partial charge in [-0.3, -0.25) is 9.97 Å². The Balaban J connectivity index is 1.47. The molecular formula is C23H28F3N3O. The Morgan fingerprint density at radius 1 is 1.00 bits per heavy atom. The molecule has 4 rings (SSSR count). The molecule has 2 aliphatic rings. The smallest absolute Gasteiger partial charge is 0.375 e. The van der Waals surface area contributed by atoms with Crippen LogP contribution in [0, 0.1) is 0 Å². The van der Waals surface area contributed by atoms with Crippen LogP contribution in [0.5, 0.6) is 0 Å². The van der Waals surface area contributed by atoms with Gasteiger partial charge in [0.2, 0.25) is 0 Å². The fourth-order valence-corrected chi connectivity index (χ4v) is 5.17. The number of hydrogen-bond acceptors (Lipinski definition) is 4. The summed E-state index contributed by atoms with van der Waals surface area (Å²) in [5.41, 5.74) is 0.243. The van der Waals surface area contributed by atoms with E-state index in [0.29, 0.717) is 13.2 Å². The second kappa shape index (κ2) is 8.63. The summed E-state index contributed by atoms with van der Waals surface area (Å²) in [4.78, 5) is 8.62. The number of ether oxygens (including phenoxy) is 1. The van der Waals surface area contributed by atoms with E-state index in [-0.39, 0.29) is 23.3 Å². The van der Waals surface area contributed by atoms with Crippen molar-refractivity contribution in [1.82, 2.24) is 15.3 Å². The van der Waals surface area contributed by atoms with Crippen LogP contribution in [0.15, 0.2) is 42.7 Å². The molecule has 30 heavy (non-hydrogen) atoms. The highest BCUT2D eigenvalue weighted by Crippen LogP contribution is 2.49. The molecule has 1 N–H and O–H groups in total. The van der Waals surface area contributed by atoms with Gasteiger partial charge >= 0.3 is 6.18 Å². The first-order valence-electron chi connectivity index (χ1n) is 10.7. The minimum Gasteiger partial charge on any atom is -0.375 e. The lowest BCUT2D eigenvalue weighted by Gasteiger charge is -2.46. The standard InChI is InChI=1S/C23H28F3N3O/c24-23(25,26)18-6-5-13-28-19(18)16-27-14-10-21(20-7-1-4-12-29-20)11-15-30-22(17-21)8-2-3-9-22/h1,4-7,12-13,27H,2-3,8-11,14-17H2/t21-/m1/s1. The SMILES string of the molecule is FC(F)(F)c1cccnc1CNCC[C@@]1(c2ccccn2)CCOC2(CCCC2)C1. The molecule has 2 fully saturated rings. The van der Waals surface area contributed by atoms with Gasteiger partial charge in [-0.25, -0.2) is 0 Å². The Morgan fingerprint density at radius 2 is 1.80 bits per heavy atom. The van der Waals surface area contributed by atoms with Crippen molar-refractivity contribution in [1.29, 1.82) is 0 Å². The molecule has 1 spiro atoms. The van der Waals surface area contributed by atoms with E-state index in [1.807, 2.05) is 18.3 Å². The van der Waals surface area contributed by atoms with Crippen LogP contribution >= 0.6 is 0 Å². The zero-order valence-electron chi connectivity index (χ0n) is 17.0. The van der Waals surface area contributed by atoms with E-state index in [0.717, 1.165) is 43.9 Å². The van der Waals surface area contributed by atoms with Crippen molar-refractivity contribution in [2.24, 2.45) is 0 Å². The van der Waals surface area contributed by atoms with Gasteiger partial charge in [0.25, 0.3) is 0 Å². The summed E-state index contributed by atoms with van der Waals surface area (Å²) in [6, 6.07) is 8.42. The fourth-order valence-electron chi connectivity index (χ4n) is 5.17. The number of halogens is 3. The second-order valence-electron chi connectivity index (χ2n) is 8.58. The molecule has 1 saturated carbocycles. The zero-order chi connectivity index (χ0) is 21.1. The lowest BCUT2D eigenvalue weighted by Crippen LogP contribution is -2.47. The van der Waals surface area contributed by atoms with E-state index in [2.05, 4.69) is 21.4 Å². The molecule has 1 atom stereocenters. The van der Waals surface area contributed by atoms with Gasteiger partial charge in [0.05, 0.1) is 16.9 Å². The van der Waals surface area contributed by atoms with Crippen LogP contribution in [-0.2, 0) is 22.9 Å². The van der Waals surface area contributed by atoms with E-state index in [1.54, 1.807) is 0 Å². The maximum Gasteiger partial charge on any atom is 0.418 e. The van der Waals surface area contributed by atoms with Crippen LogP contribution in [0.3, 0.4) is 0 Å². The highest BCUT2D eigenvalue weighted by molar-refractivity contribution is 5.23. The number of pyridine rings is 2. The van der Waals surface area contributed by atoms with Crippen molar-refractivity contribution in [3.8, 4) is 0 Å². The van der Waals surface area contributed by atoms with Crippen molar-refractivity contribution in [3.05, 3.63) is 59.7 Å². The van der Waals surface area contributed by atoms with Gasteiger partial charge in [0.1, 0.15) is 0 Å². The summed E-state index contributed by atoms with van der Waals surface area (Å²) in [6.07, 6.45) is 6.00. The second-order valence-corrected chi connectivity index (χ2v) is 8.58. The number of alkyl halides is 3. The lowest BCUT2D eigenvalue weighted by atomic mass is 9.68. The Morgan fingerprint density at radius 3 is 2.53 bits per heavy atom. The zero-order valence-corrected chi connectivity index (χ0v) is 17.0. The number of hydrogen-bond donors (Lipinski definition) is 1. The summed E-state index contributed by atoms with van der Waals surface area (Å²) in [6.45, 7) is 1.39. The van der Waals surface area contributed by atoms with E-state index < -0.39 is 11.7 Å². The monoisotopic (exact) mass is 419 g/mol. The summed E-state index contributed by atoms with van der Waals surface area (Å²) in [7, 11) is 0. The van der Waals surface area contributed by atoms with Crippen LogP contribution in [-0.4, -0.2) is 28.7 Å². The molecule has 3 heterocycles. The Bertz CT molecular complexity index is 837. The summed E-state index contributed by atoms with van der Waals surface area (Å²) >= 11 is 0. The average molecular weight is 419 g/mol. The number of nitrogens with one attached hydrogen (secondary N) is 1. The van der Waals surface area contributed by atoms with E-state index in [9.17, 15) is 13.2 Å². The minimum atomic E-state index is -4.39. The van der Waals surface area contributed by atoms with Crippen LogP contribution in [0.4, 0.5) is 13.2 Å². The summed E-state index contributed by atoms with van der Waals surface area (Å²) < 4.78 is 45.9. The first kappa shape index (κ1) is 21.2. The lowest BCUT2D eigenvalue weighted by molar-refractivity contribution is -0.138. The van der Waals surface area contributed by atoms with Gasteiger partial charge < -0.3 is 10.1 Å². The van der Waals surface area contributed by atoms with Crippen LogP contribution in [0.2, 0.25) is 0 Å². The molecule has 0 aromatic carbocycles. The van der Waals surface area contributed by atoms with Crippen molar-refractivity contribution >= 4 is 0 Å². The topological polar surface area (TPSA) is 47.0 Å². The van der Waals surface area contributed by atoms with E-state index >= 15 is 0 Å². The third-order valence-electron chi connectivity index (χ3n) is 6.64. The number of aromatic nitrogens is 2. The molecule has 4 nitrogen and oxygen atoms in total. The highest BCUT2D eigenvalue weighted by Gasteiger charge is 2.48. The third-order valence-corrected chi connectivity index (χ3v) is 6.64. The largest absolute Gasteiger partial charge is 0.418 e. The molecule has 2 aromatic rings. The molecule has 2 aromatic heterocycles. The Kier molecular flexibility index (Phi) is 6.11. The maximum absolute atomic E-state index is 13.2. The highest BCUT2D eigenvalue weighted by atomic mass is 19.4. The van der Waals surface area contributed by atoms with Gasteiger partial charge in [0, 0.05) is 36.7 Å². The third kappa shape index (κ3) is 4.52. The fraction of sp³-hybridized carbons (Fsp3) is 0.565. The molecule has 1 saturated heterocycles. The molecular weight excluding hydrogens is 391 g/mol. The molecule has 0 radical (unpaired) electrons. The summed E-state index contributed by atoms with van der Waals surface area (Å²) in [5.74, 6) is 0. The average Bonchev–Trinajstić information content (AvgIpc) is 3.19. The molecule has 0 bridgehead atoms. The van der Waals surface area contributed by atoms with E-state index in [1.165, 1.54) is 25.1 Å². The van der Waals surface area contributed by atoms with E-state index in [4.69, 9.17) is 4.74 Å². The predicted molar refractivity (Wildman–Crippen MR) is 108 cm³/mol. The molecule has 0 amide bonds. The quantitative estimate of drug-likeness (QED) is 0.667. The first-order valence-corrected chi connectivity index (χ1v) is 10.7. The first-order chi connectivity index (χ1) is 14.4. The van der Waals surface area contributed by atoms with Gasteiger partial charge in [-0.05, 0) is 62.9 Å². The Labute approximate surface area is 175 Å². The minimum absolute atomic E-state index is 0.0381. The molecule has 0 unspecified atom stereocenters. The van der Waals surface area contributed by atoms with Crippen molar-refractivity contribution in [3.63, 3.8) is 0 Å². The van der Waals surface area contributed by atoms with Crippen molar-refractivity contribution < 1.29 is 17.9 Å². The molecule has 162 valence electrons. The van der Waals surface area contributed by atoms with Crippen molar-refractivity contribution in [2.75, 3.05) is 13.2 Å². The molecule has 7 heteroatoms. The van der Waals surface area contributed by atoms with Crippen LogP contribution in [0.25, 0.3) is 0 Å². The number of rotatable bonds is 6. The molecule has 1 aliphatic carbocycles. The van der Waals surface area contributed by atoms with Gasteiger partial charge in [-0.15, -0.1) is 0 Å². The van der Waals surface area contributed by atoms with Gasteiger partial charge in [-0.2, -0.15) is 13.2 Å². The van der Waals surface area contributed by atoms with Crippen LogP contribution in [0.1, 0.15) is 61.9 Å². The van der Waals surface area contributed by atoms with Gasteiger partial charge in [-0.1, -0.05) is 18.9 Å². The summed E-state index contributed by atoms with van der Waals surface area (Å²) in [5, 5.41) is 3.20. The normalized spacial score (nSPS) is 23.7. The Hall–Kier alpha value is -1.99. The predicted octanol–water partition coefficient (Wildman–Crippen LogP) is 5.04.